The highest BCUT2D eigenvalue weighted by Crippen LogP contribution is 2.28. The SMILES string of the molecule is CSc1cc(C)c(F)c(C(=O)C(F)(F)F)c1. The van der Waals surface area contributed by atoms with Crippen LogP contribution < -0.4 is 0 Å². The van der Waals surface area contributed by atoms with Gasteiger partial charge < -0.3 is 0 Å². The average molecular weight is 252 g/mol. The number of Topliss-reactive ketones (excluding diaryl/α,β-unsaturated/α-hetero) is 1. The van der Waals surface area contributed by atoms with Crippen LogP contribution in [0.5, 0.6) is 0 Å². The summed E-state index contributed by atoms with van der Waals surface area (Å²) in [6.07, 6.45) is -3.42. The molecule has 1 rings (SSSR count). The number of ketones is 1. The van der Waals surface area contributed by atoms with Crippen molar-refractivity contribution < 1.29 is 22.4 Å². The summed E-state index contributed by atoms with van der Waals surface area (Å²) in [6, 6.07) is 2.32. The second-order valence-electron chi connectivity index (χ2n) is 3.13. The molecule has 16 heavy (non-hydrogen) atoms. The highest BCUT2D eigenvalue weighted by atomic mass is 32.2. The van der Waals surface area contributed by atoms with Crippen LogP contribution in [0.4, 0.5) is 17.6 Å². The Bertz CT molecular complexity index is 426. The van der Waals surface area contributed by atoms with Crippen molar-refractivity contribution in [2.75, 3.05) is 6.26 Å². The van der Waals surface area contributed by atoms with Crippen molar-refractivity contribution in [1.82, 2.24) is 0 Å². The third-order valence-corrected chi connectivity index (χ3v) is 2.67. The molecule has 88 valence electrons. The number of carbonyl (C=O) groups excluding carboxylic acids is 1. The van der Waals surface area contributed by atoms with E-state index >= 15 is 0 Å². The maximum Gasteiger partial charge on any atom is 0.454 e. The summed E-state index contributed by atoms with van der Waals surface area (Å²) in [7, 11) is 0. The Morgan fingerprint density at radius 2 is 1.88 bits per heavy atom. The van der Waals surface area contributed by atoms with E-state index in [9.17, 15) is 22.4 Å². The van der Waals surface area contributed by atoms with E-state index < -0.39 is 23.3 Å². The van der Waals surface area contributed by atoms with Crippen LogP contribution in [0.2, 0.25) is 0 Å². The van der Waals surface area contributed by atoms with Crippen LogP contribution in [0.3, 0.4) is 0 Å². The summed E-state index contributed by atoms with van der Waals surface area (Å²) < 4.78 is 49.8. The van der Waals surface area contributed by atoms with Crippen molar-refractivity contribution in [1.29, 1.82) is 0 Å². The summed E-state index contributed by atoms with van der Waals surface area (Å²) in [6.45, 7) is 1.32. The summed E-state index contributed by atoms with van der Waals surface area (Å²) in [5.74, 6) is -3.26. The van der Waals surface area contributed by atoms with Gasteiger partial charge in [0.05, 0.1) is 5.56 Å². The normalized spacial score (nSPS) is 11.6. The molecule has 0 saturated carbocycles. The monoisotopic (exact) mass is 252 g/mol. The lowest BCUT2D eigenvalue weighted by Gasteiger charge is -2.09. The second-order valence-corrected chi connectivity index (χ2v) is 4.01. The predicted octanol–water partition coefficient (Wildman–Crippen LogP) is 3.60. The minimum atomic E-state index is -5.05. The molecule has 0 aliphatic carbocycles. The first-order chi connectivity index (χ1) is 7.27. The largest absolute Gasteiger partial charge is 0.454 e. The predicted molar refractivity (Wildman–Crippen MR) is 53.3 cm³/mol. The zero-order valence-corrected chi connectivity index (χ0v) is 9.30. The summed E-state index contributed by atoms with van der Waals surface area (Å²) in [5, 5.41) is 0. The molecule has 0 aromatic heterocycles. The Morgan fingerprint density at radius 1 is 1.31 bits per heavy atom. The van der Waals surface area contributed by atoms with Gasteiger partial charge >= 0.3 is 6.18 Å². The van der Waals surface area contributed by atoms with E-state index in [1.165, 1.54) is 13.0 Å². The van der Waals surface area contributed by atoms with Gasteiger partial charge in [-0.2, -0.15) is 13.2 Å². The number of carbonyl (C=O) groups is 1. The van der Waals surface area contributed by atoms with Crippen LogP contribution in [0.15, 0.2) is 17.0 Å². The fourth-order valence-corrected chi connectivity index (χ4v) is 1.70. The zero-order valence-electron chi connectivity index (χ0n) is 8.48. The minimum Gasteiger partial charge on any atom is -0.284 e. The highest BCUT2D eigenvalue weighted by Gasteiger charge is 2.41. The molecule has 0 atom stereocenters. The fraction of sp³-hybridized carbons (Fsp3) is 0.300. The Kier molecular flexibility index (Phi) is 3.62. The number of halogens is 4. The molecule has 0 aliphatic heterocycles. The van der Waals surface area contributed by atoms with Gasteiger partial charge in [-0.15, -0.1) is 11.8 Å². The van der Waals surface area contributed by atoms with Gasteiger partial charge in [0.25, 0.3) is 5.78 Å². The summed E-state index contributed by atoms with van der Waals surface area (Å²) in [5.41, 5.74) is -0.892. The van der Waals surface area contributed by atoms with E-state index in [0.29, 0.717) is 4.90 Å². The van der Waals surface area contributed by atoms with Crippen LogP contribution in [0.25, 0.3) is 0 Å². The van der Waals surface area contributed by atoms with Crippen LogP contribution in [-0.2, 0) is 0 Å². The number of rotatable bonds is 2. The lowest BCUT2D eigenvalue weighted by Crippen LogP contribution is -2.24. The number of aryl methyl sites for hydroxylation is 1. The van der Waals surface area contributed by atoms with Crippen molar-refractivity contribution in [2.45, 2.75) is 18.0 Å². The topological polar surface area (TPSA) is 17.1 Å². The molecule has 0 aliphatic rings. The third kappa shape index (κ3) is 2.55. The first-order valence-electron chi connectivity index (χ1n) is 4.23. The first kappa shape index (κ1) is 13.0. The Balaban J connectivity index is 3.33. The molecule has 1 nitrogen and oxygen atoms in total. The number of hydrogen-bond donors (Lipinski definition) is 0. The molecule has 6 heteroatoms. The van der Waals surface area contributed by atoms with Crippen molar-refractivity contribution in [2.24, 2.45) is 0 Å². The van der Waals surface area contributed by atoms with E-state index in [1.54, 1.807) is 6.26 Å². The average Bonchev–Trinajstić information content (AvgIpc) is 2.19. The molecule has 0 radical (unpaired) electrons. The van der Waals surface area contributed by atoms with Gasteiger partial charge in [-0.3, -0.25) is 4.79 Å². The summed E-state index contributed by atoms with van der Waals surface area (Å²) >= 11 is 1.15. The Hall–Kier alpha value is -1.04. The van der Waals surface area contributed by atoms with Gasteiger partial charge in [0.1, 0.15) is 5.82 Å². The lowest BCUT2D eigenvalue weighted by molar-refractivity contribution is -0.0887. The van der Waals surface area contributed by atoms with Gasteiger partial charge in [-0.1, -0.05) is 0 Å². The van der Waals surface area contributed by atoms with E-state index in [-0.39, 0.29) is 5.56 Å². The van der Waals surface area contributed by atoms with Crippen molar-refractivity contribution >= 4 is 17.5 Å². The third-order valence-electron chi connectivity index (χ3n) is 1.97. The molecular weight excluding hydrogens is 244 g/mol. The molecule has 0 spiro atoms. The van der Waals surface area contributed by atoms with Crippen molar-refractivity contribution in [3.63, 3.8) is 0 Å². The van der Waals surface area contributed by atoms with Crippen LogP contribution in [0, 0.1) is 12.7 Å². The van der Waals surface area contributed by atoms with E-state index in [0.717, 1.165) is 17.8 Å². The molecule has 0 bridgehead atoms. The molecular formula is C10H8F4OS. The van der Waals surface area contributed by atoms with Gasteiger partial charge in [-0.25, -0.2) is 4.39 Å². The van der Waals surface area contributed by atoms with Gasteiger partial charge in [0.2, 0.25) is 0 Å². The zero-order chi connectivity index (χ0) is 12.5. The van der Waals surface area contributed by atoms with Crippen LogP contribution in [0.1, 0.15) is 15.9 Å². The number of thioether (sulfide) groups is 1. The maximum atomic E-state index is 13.4. The van der Waals surface area contributed by atoms with Crippen molar-refractivity contribution in [3.05, 3.63) is 29.1 Å². The van der Waals surface area contributed by atoms with Crippen molar-refractivity contribution in [3.8, 4) is 0 Å². The van der Waals surface area contributed by atoms with Crippen LogP contribution >= 0.6 is 11.8 Å². The quantitative estimate of drug-likeness (QED) is 0.454. The summed E-state index contributed by atoms with van der Waals surface area (Å²) in [4.78, 5) is 11.4. The first-order valence-corrected chi connectivity index (χ1v) is 5.45. The molecule has 0 fully saturated rings. The fourth-order valence-electron chi connectivity index (χ4n) is 1.17. The second kappa shape index (κ2) is 4.45. The molecule has 1 aromatic carbocycles. The number of hydrogen-bond acceptors (Lipinski definition) is 2. The standard InChI is InChI=1S/C10H8F4OS/c1-5-3-6(16-2)4-7(8(5)11)9(15)10(12,13)14/h3-4H,1-2H3. The van der Waals surface area contributed by atoms with E-state index in [4.69, 9.17) is 0 Å². The molecule has 0 N–H and O–H groups in total. The highest BCUT2D eigenvalue weighted by molar-refractivity contribution is 7.98. The van der Waals surface area contributed by atoms with Crippen LogP contribution in [-0.4, -0.2) is 18.2 Å². The van der Waals surface area contributed by atoms with E-state index in [1.807, 2.05) is 0 Å². The number of alkyl halides is 3. The Morgan fingerprint density at radius 3 is 2.31 bits per heavy atom. The molecule has 1 aromatic rings. The molecule has 0 saturated heterocycles. The molecule has 0 unspecified atom stereocenters. The lowest BCUT2D eigenvalue weighted by atomic mass is 10.1. The number of benzene rings is 1. The minimum absolute atomic E-state index is 0.0273. The van der Waals surface area contributed by atoms with Gasteiger partial charge in [0.15, 0.2) is 0 Å². The van der Waals surface area contributed by atoms with Gasteiger partial charge in [-0.05, 0) is 30.9 Å². The Labute approximate surface area is 93.8 Å². The van der Waals surface area contributed by atoms with E-state index in [2.05, 4.69) is 0 Å². The molecule has 0 amide bonds. The molecule has 0 heterocycles. The smallest absolute Gasteiger partial charge is 0.284 e. The van der Waals surface area contributed by atoms with Gasteiger partial charge in [0, 0.05) is 4.90 Å². The maximum absolute atomic E-state index is 13.4.